The number of nitrogens with zero attached hydrogens (tertiary/aromatic N) is 2. The Bertz CT molecular complexity index is 507. The molecule has 1 atom stereocenters. The zero-order valence-corrected chi connectivity index (χ0v) is 13.0. The normalized spacial score (nSPS) is 18.9. The third kappa shape index (κ3) is 4.06. The number of piperazine rings is 1. The van der Waals surface area contributed by atoms with Crippen LogP contribution in [-0.4, -0.2) is 54.0 Å². The molecule has 0 aliphatic carbocycles. The SMILES string of the molecule is C[C@@H]1C(=O)N(CCc2ccccc2)CC(=O)N1CCCCF. The number of alkyl halides is 1. The van der Waals surface area contributed by atoms with Crippen molar-refractivity contribution >= 4 is 11.8 Å². The first kappa shape index (κ1) is 16.5. The van der Waals surface area contributed by atoms with Gasteiger partial charge < -0.3 is 9.80 Å². The van der Waals surface area contributed by atoms with Crippen LogP contribution in [0.2, 0.25) is 0 Å². The molecule has 5 heteroatoms. The molecule has 1 fully saturated rings. The highest BCUT2D eigenvalue weighted by Gasteiger charge is 2.35. The zero-order chi connectivity index (χ0) is 15.9. The van der Waals surface area contributed by atoms with Gasteiger partial charge in [0.15, 0.2) is 0 Å². The standard InChI is InChI=1S/C17H23FN2O2/c1-14-17(22)19(12-9-15-7-3-2-4-8-15)13-16(21)20(14)11-6-5-10-18/h2-4,7-8,14H,5-6,9-13H2,1H3/t14-/m1/s1. The van der Waals surface area contributed by atoms with E-state index in [4.69, 9.17) is 0 Å². The lowest BCUT2D eigenvalue weighted by molar-refractivity contribution is -0.155. The molecule has 1 heterocycles. The van der Waals surface area contributed by atoms with Gasteiger partial charge >= 0.3 is 0 Å². The molecule has 1 aliphatic heterocycles. The molecular weight excluding hydrogens is 283 g/mol. The monoisotopic (exact) mass is 306 g/mol. The van der Waals surface area contributed by atoms with Crippen molar-refractivity contribution < 1.29 is 14.0 Å². The van der Waals surface area contributed by atoms with E-state index in [0.29, 0.717) is 25.9 Å². The van der Waals surface area contributed by atoms with Crippen LogP contribution in [0, 0.1) is 0 Å². The van der Waals surface area contributed by atoms with Gasteiger partial charge in [-0.25, -0.2) is 0 Å². The number of benzene rings is 1. The molecular formula is C17H23FN2O2. The van der Waals surface area contributed by atoms with Crippen LogP contribution in [0.4, 0.5) is 4.39 Å². The van der Waals surface area contributed by atoms with E-state index >= 15 is 0 Å². The summed E-state index contributed by atoms with van der Waals surface area (Å²) < 4.78 is 12.2. The Morgan fingerprint density at radius 3 is 2.55 bits per heavy atom. The summed E-state index contributed by atoms with van der Waals surface area (Å²) in [5.74, 6) is -0.0604. The van der Waals surface area contributed by atoms with Crippen molar-refractivity contribution in [1.82, 2.24) is 9.80 Å². The zero-order valence-electron chi connectivity index (χ0n) is 13.0. The molecule has 1 saturated heterocycles. The largest absolute Gasteiger partial charge is 0.331 e. The Balaban J connectivity index is 1.90. The highest BCUT2D eigenvalue weighted by atomic mass is 19.1. The summed E-state index contributed by atoms with van der Waals surface area (Å²) >= 11 is 0. The Morgan fingerprint density at radius 1 is 1.14 bits per heavy atom. The quantitative estimate of drug-likeness (QED) is 0.723. The van der Waals surface area contributed by atoms with E-state index in [1.54, 1.807) is 16.7 Å². The second kappa shape index (κ2) is 7.92. The van der Waals surface area contributed by atoms with E-state index in [-0.39, 0.29) is 25.0 Å². The molecule has 0 spiro atoms. The van der Waals surface area contributed by atoms with Gasteiger partial charge in [-0.05, 0) is 31.7 Å². The minimum atomic E-state index is -0.448. The van der Waals surface area contributed by atoms with Crippen LogP contribution < -0.4 is 0 Å². The molecule has 0 N–H and O–H groups in total. The number of carbonyl (C=O) groups excluding carboxylic acids is 2. The van der Waals surface area contributed by atoms with Crippen LogP contribution in [0.5, 0.6) is 0 Å². The van der Waals surface area contributed by atoms with Crippen LogP contribution in [-0.2, 0) is 16.0 Å². The van der Waals surface area contributed by atoms with Crippen LogP contribution in [0.15, 0.2) is 30.3 Å². The Labute approximate surface area is 130 Å². The number of carbonyl (C=O) groups is 2. The molecule has 2 rings (SSSR count). The number of rotatable bonds is 7. The minimum Gasteiger partial charge on any atom is -0.331 e. The first-order chi connectivity index (χ1) is 10.6. The molecule has 1 aromatic rings. The molecule has 2 amide bonds. The number of hydrogen-bond donors (Lipinski definition) is 0. The van der Waals surface area contributed by atoms with Crippen LogP contribution in [0.3, 0.4) is 0 Å². The lowest BCUT2D eigenvalue weighted by Gasteiger charge is -2.38. The first-order valence-corrected chi connectivity index (χ1v) is 7.81. The van der Waals surface area contributed by atoms with Crippen LogP contribution in [0.25, 0.3) is 0 Å². The van der Waals surface area contributed by atoms with Gasteiger partial charge in [0.05, 0.1) is 13.2 Å². The summed E-state index contributed by atoms with van der Waals surface area (Å²) in [7, 11) is 0. The summed E-state index contributed by atoms with van der Waals surface area (Å²) in [4.78, 5) is 27.8. The van der Waals surface area contributed by atoms with Gasteiger partial charge in [0, 0.05) is 13.1 Å². The van der Waals surface area contributed by atoms with Crippen LogP contribution >= 0.6 is 0 Å². The number of amides is 2. The fourth-order valence-corrected chi connectivity index (χ4v) is 2.74. The van der Waals surface area contributed by atoms with Crippen LogP contribution in [0.1, 0.15) is 25.3 Å². The van der Waals surface area contributed by atoms with Gasteiger partial charge in [-0.15, -0.1) is 0 Å². The smallest absolute Gasteiger partial charge is 0.245 e. The molecule has 4 nitrogen and oxygen atoms in total. The van der Waals surface area contributed by atoms with E-state index in [0.717, 1.165) is 12.0 Å². The summed E-state index contributed by atoms with van der Waals surface area (Å²) in [5.41, 5.74) is 1.15. The van der Waals surface area contributed by atoms with Crippen molar-refractivity contribution in [2.24, 2.45) is 0 Å². The maximum Gasteiger partial charge on any atom is 0.245 e. The van der Waals surface area contributed by atoms with Gasteiger partial charge in [-0.2, -0.15) is 0 Å². The fourth-order valence-electron chi connectivity index (χ4n) is 2.74. The summed E-state index contributed by atoms with van der Waals surface area (Å²) in [6.45, 7) is 2.52. The number of hydrogen-bond acceptors (Lipinski definition) is 2. The molecule has 22 heavy (non-hydrogen) atoms. The van der Waals surface area contributed by atoms with Gasteiger partial charge in [-0.1, -0.05) is 30.3 Å². The predicted molar refractivity (Wildman–Crippen MR) is 83.1 cm³/mol. The Morgan fingerprint density at radius 2 is 1.86 bits per heavy atom. The Kier molecular flexibility index (Phi) is 5.92. The molecule has 120 valence electrons. The van der Waals surface area contributed by atoms with E-state index in [1.165, 1.54) is 0 Å². The maximum absolute atomic E-state index is 12.4. The molecule has 0 aromatic heterocycles. The number of unbranched alkanes of at least 4 members (excludes halogenated alkanes) is 1. The van der Waals surface area contributed by atoms with Crippen molar-refractivity contribution in [3.8, 4) is 0 Å². The first-order valence-electron chi connectivity index (χ1n) is 7.81. The van der Waals surface area contributed by atoms with E-state index in [1.807, 2.05) is 30.3 Å². The molecule has 0 bridgehead atoms. The summed E-state index contributed by atoms with van der Waals surface area (Å²) in [5, 5.41) is 0. The topological polar surface area (TPSA) is 40.6 Å². The highest BCUT2D eigenvalue weighted by molar-refractivity contribution is 5.94. The van der Waals surface area contributed by atoms with E-state index in [2.05, 4.69) is 0 Å². The Hall–Kier alpha value is -1.91. The minimum absolute atomic E-state index is 0.0178. The van der Waals surface area contributed by atoms with Gasteiger partial charge in [-0.3, -0.25) is 14.0 Å². The average molecular weight is 306 g/mol. The molecule has 0 radical (unpaired) electrons. The van der Waals surface area contributed by atoms with Crippen molar-refractivity contribution in [3.05, 3.63) is 35.9 Å². The van der Waals surface area contributed by atoms with Gasteiger partial charge in [0.2, 0.25) is 11.8 Å². The molecule has 0 saturated carbocycles. The second-order valence-electron chi connectivity index (χ2n) is 5.65. The third-order valence-corrected chi connectivity index (χ3v) is 4.08. The van der Waals surface area contributed by atoms with Crippen molar-refractivity contribution in [2.45, 2.75) is 32.2 Å². The maximum atomic E-state index is 12.4. The molecule has 0 unspecified atom stereocenters. The molecule has 1 aliphatic rings. The van der Waals surface area contributed by atoms with Gasteiger partial charge in [0.1, 0.15) is 6.04 Å². The lowest BCUT2D eigenvalue weighted by Crippen LogP contribution is -2.59. The summed E-state index contributed by atoms with van der Waals surface area (Å²) in [6.07, 6.45) is 1.78. The molecule has 1 aromatic carbocycles. The van der Waals surface area contributed by atoms with E-state index in [9.17, 15) is 14.0 Å². The number of halogens is 1. The highest BCUT2D eigenvalue weighted by Crippen LogP contribution is 2.14. The fraction of sp³-hybridized carbons (Fsp3) is 0.529. The van der Waals surface area contributed by atoms with Crippen molar-refractivity contribution in [3.63, 3.8) is 0 Å². The average Bonchev–Trinajstić information content (AvgIpc) is 2.54. The predicted octanol–water partition coefficient (Wildman–Crippen LogP) is 2.04. The van der Waals surface area contributed by atoms with Crippen molar-refractivity contribution in [2.75, 3.05) is 26.3 Å². The third-order valence-electron chi connectivity index (χ3n) is 4.08. The van der Waals surface area contributed by atoms with Crippen molar-refractivity contribution in [1.29, 1.82) is 0 Å². The second-order valence-corrected chi connectivity index (χ2v) is 5.65. The lowest BCUT2D eigenvalue weighted by atomic mass is 10.1. The van der Waals surface area contributed by atoms with Gasteiger partial charge in [0.25, 0.3) is 0 Å². The van der Waals surface area contributed by atoms with E-state index < -0.39 is 6.04 Å². The summed E-state index contributed by atoms with van der Waals surface area (Å²) in [6, 6.07) is 9.47.